The van der Waals surface area contributed by atoms with Crippen LogP contribution >= 0.6 is 0 Å². The van der Waals surface area contributed by atoms with Gasteiger partial charge in [-0.25, -0.2) is 87.8 Å². The minimum Gasteiger partial charge on any atom is -1.00 e. The van der Waals surface area contributed by atoms with Crippen molar-refractivity contribution in [3.63, 3.8) is 0 Å². The van der Waals surface area contributed by atoms with Crippen LogP contribution in [0.1, 0.15) is 1.43 Å². The first-order valence-corrected chi connectivity index (χ1v) is 12.8. The molecular formula is C28H11BF20LiO2-. The fraction of sp³-hybridized carbons (Fsp3) is 0.143. The molecule has 0 aliphatic heterocycles. The number of hydrogen-bond donors (Lipinski definition) is 0. The Kier molecular flexibility index (Phi) is 13.9. The Labute approximate surface area is 289 Å². The van der Waals surface area contributed by atoms with Crippen LogP contribution < -0.4 is 40.7 Å². The van der Waals surface area contributed by atoms with Crippen molar-refractivity contribution in [1.29, 1.82) is 0 Å². The maximum absolute atomic E-state index is 15.4. The van der Waals surface area contributed by atoms with Crippen molar-refractivity contribution in [1.82, 2.24) is 0 Å². The van der Waals surface area contributed by atoms with Gasteiger partial charge in [-0.05, 0) is 0 Å². The van der Waals surface area contributed by atoms with Gasteiger partial charge < -0.3 is 10.9 Å². The topological polar surface area (TPSA) is 18.5 Å². The summed E-state index contributed by atoms with van der Waals surface area (Å²) in [7, 11) is 3.30. The summed E-state index contributed by atoms with van der Waals surface area (Å²) < 4.78 is 303. The molecule has 0 aromatic heterocycles. The molecule has 0 saturated heterocycles. The predicted molar refractivity (Wildman–Crippen MR) is 134 cm³/mol. The third kappa shape index (κ3) is 6.60. The van der Waals surface area contributed by atoms with Crippen molar-refractivity contribution in [2.45, 2.75) is 0 Å². The average Bonchev–Trinajstić information content (AvgIpc) is 3.10. The summed E-state index contributed by atoms with van der Waals surface area (Å²) in [6.45, 7) is 1.38. The molecule has 4 aromatic rings. The molecule has 0 radical (unpaired) electrons. The van der Waals surface area contributed by atoms with Gasteiger partial charge in [-0.2, -0.15) is 0 Å². The molecule has 0 amide bonds. The summed E-state index contributed by atoms with van der Waals surface area (Å²) in [6.07, 6.45) is -7.22. The SMILES string of the molecule is COCCOC.Fc1c(F)c(F)c([B-](c2c(F)c(F)c(F)c(F)c2F)(c2c(F)c(F)c(F)c(F)c2F)c2c(F)c(F)c(F)c(F)c2F)c(F)c1F.[H-].[Li+]. The van der Waals surface area contributed by atoms with E-state index in [1.165, 1.54) is 0 Å². The van der Waals surface area contributed by atoms with Crippen LogP contribution in [0.3, 0.4) is 0 Å². The van der Waals surface area contributed by atoms with Crippen LogP contribution in [0.5, 0.6) is 0 Å². The van der Waals surface area contributed by atoms with Gasteiger partial charge in [0.1, 0.15) is 52.7 Å². The van der Waals surface area contributed by atoms with Crippen molar-refractivity contribution in [3.8, 4) is 0 Å². The van der Waals surface area contributed by atoms with Gasteiger partial charge in [-0.3, -0.25) is 0 Å². The normalized spacial score (nSPS) is 11.4. The van der Waals surface area contributed by atoms with Crippen LogP contribution in [0.4, 0.5) is 87.8 Å². The smallest absolute Gasteiger partial charge is 1.00 e. The number of ether oxygens (including phenoxy) is 2. The minimum absolute atomic E-state index is 0. The molecular weight excluding hydrogens is 766 g/mol. The van der Waals surface area contributed by atoms with E-state index in [-0.39, 0.29) is 20.3 Å². The van der Waals surface area contributed by atoms with Gasteiger partial charge in [0.25, 0.3) is 0 Å². The van der Waals surface area contributed by atoms with E-state index in [1.807, 2.05) is 0 Å². The Morgan fingerprint density at radius 1 is 0.288 bits per heavy atom. The van der Waals surface area contributed by atoms with Crippen LogP contribution in [0.2, 0.25) is 0 Å². The molecule has 24 heteroatoms. The van der Waals surface area contributed by atoms with Crippen molar-refractivity contribution >= 4 is 28.0 Å². The van der Waals surface area contributed by atoms with Gasteiger partial charge in [0.05, 0.1) is 13.2 Å². The van der Waals surface area contributed by atoms with E-state index in [2.05, 4.69) is 9.47 Å². The standard InChI is InChI=1S/C24BF20.C4H10O2.Li.H/c26-5-1(6(27)14(35)21(42)13(5)34)25(2-7(28)15(36)22(43)16(37)8(2)29,3-9(30)17(38)23(44)18(39)10(3)31)4-11(32)19(40)24(45)20(41)12(4)33;1-5-3-4-6-2;;/h;3-4H2,1-2H3;;/q-1;;+1;-1. The molecule has 280 valence electrons. The average molecular weight is 777 g/mol. The first kappa shape index (κ1) is 44.2. The molecule has 0 N–H and O–H groups in total. The van der Waals surface area contributed by atoms with E-state index in [4.69, 9.17) is 0 Å². The second kappa shape index (κ2) is 16.4. The molecule has 0 aliphatic rings. The van der Waals surface area contributed by atoms with Gasteiger partial charge in [0, 0.05) is 14.2 Å². The van der Waals surface area contributed by atoms with Gasteiger partial charge in [0.2, 0.25) is 0 Å². The van der Waals surface area contributed by atoms with E-state index >= 15 is 35.1 Å². The zero-order valence-corrected chi connectivity index (χ0v) is 25.4. The van der Waals surface area contributed by atoms with Gasteiger partial charge in [0.15, 0.2) is 69.8 Å². The summed E-state index contributed by atoms with van der Waals surface area (Å²) in [6, 6.07) is 0. The molecule has 52 heavy (non-hydrogen) atoms. The molecule has 0 unspecified atom stereocenters. The van der Waals surface area contributed by atoms with Crippen molar-refractivity contribution in [3.05, 3.63) is 116 Å². The fourth-order valence-electron chi connectivity index (χ4n) is 5.04. The monoisotopic (exact) mass is 777 g/mol. The zero-order valence-electron chi connectivity index (χ0n) is 26.4. The largest absolute Gasteiger partial charge is 1.00 e. The second-order valence-corrected chi connectivity index (χ2v) is 9.79. The van der Waals surface area contributed by atoms with Crippen LogP contribution in [0, 0.1) is 116 Å². The summed E-state index contributed by atoms with van der Waals surface area (Å²) in [5.41, 5.74) is -14.3. The molecule has 0 heterocycles. The third-order valence-electron chi connectivity index (χ3n) is 7.20. The molecule has 2 nitrogen and oxygen atoms in total. The minimum atomic E-state index is -7.22. The van der Waals surface area contributed by atoms with E-state index in [1.54, 1.807) is 14.2 Å². The van der Waals surface area contributed by atoms with Crippen LogP contribution in [-0.4, -0.2) is 33.6 Å². The predicted octanol–water partition coefficient (Wildman–Crippen LogP) is 3.24. The number of halogens is 20. The van der Waals surface area contributed by atoms with Crippen LogP contribution in [0.15, 0.2) is 0 Å². The van der Waals surface area contributed by atoms with Gasteiger partial charge >= 0.3 is 18.9 Å². The van der Waals surface area contributed by atoms with Crippen molar-refractivity contribution < 1.29 is 118 Å². The van der Waals surface area contributed by atoms with E-state index in [9.17, 15) is 52.7 Å². The maximum atomic E-state index is 15.4. The number of methoxy groups -OCH3 is 2. The zero-order chi connectivity index (χ0) is 39.2. The van der Waals surface area contributed by atoms with Gasteiger partial charge in [-0.1, -0.05) is 0 Å². The molecule has 0 saturated carbocycles. The summed E-state index contributed by atoms with van der Waals surface area (Å²) >= 11 is 0. The number of rotatable bonds is 7. The van der Waals surface area contributed by atoms with E-state index < -0.39 is 144 Å². The van der Waals surface area contributed by atoms with E-state index in [0.717, 1.165) is 0 Å². The quantitative estimate of drug-likeness (QED) is 0.0945. The maximum Gasteiger partial charge on any atom is 1.00 e. The Balaban J connectivity index is 0.00000162. The third-order valence-corrected chi connectivity index (χ3v) is 7.20. The fourth-order valence-corrected chi connectivity index (χ4v) is 5.04. The molecule has 0 spiro atoms. The first-order chi connectivity index (χ1) is 23.6. The molecule has 0 fully saturated rings. The van der Waals surface area contributed by atoms with Crippen LogP contribution in [0.25, 0.3) is 0 Å². The Morgan fingerprint density at radius 2 is 0.404 bits per heavy atom. The second-order valence-electron chi connectivity index (χ2n) is 9.79. The first-order valence-electron chi connectivity index (χ1n) is 12.8. The Bertz CT molecular complexity index is 1660. The molecule has 0 bridgehead atoms. The molecule has 0 aliphatic carbocycles. The number of hydrogen-bond acceptors (Lipinski definition) is 2. The van der Waals surface area contributed by atoms with Crippen LogP contribution in [-0.2, 0) is 9.47 Å². The molecule has 4 rings (SSSR count). The Hall–Kier alpha value is -3.94. The Morgan fingerprint density at radius 3 is 0.519 bits per heavy atom. The molecule has 0 atom stereocenters. The summed E-state index contributed by atoms with van der Waals surface area (Å²) in [5.74, 6) is -71.4. The summed E-state index contributed by atoms with van der Waals surface area (Å²) in [5, 5.41) is 0. The molecule has 4 aromatic carbocycles. The van der Waals surface area contributed by atoms with Crippen molar-refractivity contribution in [2.75, 3.05) is 27.4 Å². The number of benzene rings is 4. The van der Waals surface area contributed by atoms with Crippen molar-refractivity contribution in [2.24, 2.45) is 0 Å². The summed E-state index contributed by atoms with van der Waals surface area (Å²) in [4.78, 5) is 0. The van der Waals surface area contributed by atoms with Gasteiger partial charge in [-0.15, -0.1) is 21.9 Å². The van der Waals surface area contributed by atoms with E-state index in [0.29, 0.717) is 13.2 Å².